The zero-order chi connectivity index (χ0) is 15.4. The Balaban J connectivity index is 1.84. The fourth-order valence-electron chi connectivity index (χ4n) is 2.65. The van der Waals surface area contributed by atoms with Crippen LogP contribution < -0.4 is 5.43 Å². The molecule has 0 aliphatic carbocycles. The Morgan fingerprint density at radius 2 is 2.23 bits per heavy atom. The summed E-state index contributed by atoms with van der Waals surface area (Å²) in [7, 11) is 0. The number of nitrogens with zero attached hydrogens (tertiary/aromatic N) is 3. The third-order valence-corrected chi connectivity index (χ3v) is 4.88. The molecule has 2 unspecified atom stereocenters. The number of aliphatic imine (C=N–C) groups is 1. The van der Waals surface area contributed by atoms with Gasteiger partial charge in [0.05, 0.1) is 11.1 Å². The monoisotopic (exact) mass is 312 g/mol. The minimum Gasteiger partial charge on any atom is -0.276 e. The lowest BCUT2D eigenvalue weighted by molar-refractivity contribution is 0.260. The third kappa shape index (κ3) is 3.18. The molecule has 2 aliphatic rings. The lowest BCUT2D eigenvalue weighted by atomic mass is 10.1. The van der Waals surface area contributed by atoms with Gasteiger partial charge >= 0.3 is 0 Å². The number of nitriles is 1. The highest BCUT2D eigenvalue weighted by Crippen LogP contribution is 2.35. The zero-order valence-electron chi connectivity index (χ0n) is 12.7. The van der Waals surface area contributed by atoms with E-state index < -0.39 is 0 Å². The van der Waals surface area contributed by atoms with Gasteiger partial charge < -0.3 is 0 Å². The van der Waals surface area contributed by atoms with E-state index in [1.54, 1.807) is 11.8 Å². The maximum atomic E-state index is 9.33. The number of thioether (sulfide) groups is 1. The average molecular weight is 312 g/mol. The van der Waals surface area contributed by atoms with Crippen LogP contribution in [0.4, 0.5) is 0 Å². The molecule has 2 aliphatic heterocycles. The van der Waals surface area contributed by atoms with Crippen molar-refractivity contribution in [3.8, 4) is 6.07 Å². The summed E-state index contributed by atoms with van der Waals surface area (Å²) >= 11 is 1.72. The Hall–Kier alpha value is -1.77. The first kappa shape index (κ1) is 15.1. The van der Waals surface area contributed by atoms with Gasteiger partial charge in [0.1, 0.15) is 5.92 Å². The fraction of sp³-hybridized carbons (Fsp3) is 0.412. The van der Waals surface area contributed by atoms with Crippen molar-refractivity contribution in [3.63, 3.8) is 0 Å². The second-order valence-electron chi connectivity index (χ2n) is 5.50. The molecule has 1 fully saturated rings. The van der Waals surface area contributed by atoms with Crippen molar-refractivity contribution in [1.82, 2.24) is 10.4 Å². The summed E-state index contributed by atoms with van der Waals surface area (Å²) in [5.74, 6) is -0.0864. The van der Waals surface area contributed by atoms with Gasteiger partial charge in [-0.2, -0.15) is 5.26 Å². The van der Waals surface area contributed by atoms with Crippen LogP contribution in [0.15, 0.2) is 51.3 Å². The molecule has 3 rings (SSSR count). The van der Waals surface area contributed by atoms with E-state index in [1.165, 1.54) is 4.90 Å². The largest absolute Gasteiger partial charge is 0.276 e. The lowest BCUT2D eigenvalue weighted by Crippen LogP contribution is -2.38. The van der Waals surface area contributed by atoms with E-state index in [2.05, 4.69) is 41.6 Å². The van der Waals surface area contributed by atoms with Crippen LogP contribution in [-0.4, -0.2) is 23.4 Å². The van der Waals surface area contributed by atoms with Crippen molar-refractivity contribution in [1.29, 1.82) is 5.26 Å². The number of nitrogens with one attached hydrogen (secondary N) is 1. The maximum absolute atomic E-state index is 9.33. The van der Waals surface area contributed by atoms with E-state index in [9.17, 15) is 5.26 Å². The van der Waals surface area contributed by atoms with E-state index in [4.69, 9.17) is 4.99 Å². The van der Waals surface area contributed by atoms with Crippen LogP contribution in [-0.2, 0) is 0 Å². The Morgan fingerprint density at radius 3 is 2.95 bits per heavy atom. The van der Waals surface area contributed by atoms with E-state index in [0.29, 0.717) is 6.54 Å². The molecule has 0 amide bonds. The molecule has 0 aromatic heterocycles. The number of fused-ring (bicyclic) bond motifs is 1. The molecule has 114 valence electrons. The molecule has 0 spiro atoms. The average Bonchev–Trinajstić information content (AvgIpc) is 2.97. The Kier molecular flexibility index (Phi) is 4.81. The molecule has 4 nitrogen and oxygen atoms in total. The number of rotatable bonds is 5. The number of allylic oxidation sites excluding steroid dienone is 1. The quantitative estimate of drug-likeness (QED) is 0.903. The number of hydrogen-bond acceptors (Lipinski definition) is 5. The van der Waals surface area contributed by atoms with E-state index in [0.717, 1.165) is 30.0 Å². The summed E-state index contributed by atoms with van der Waals surface area (Å²) in [6.07, 6.45) is 5.35. The summed E-state index contributed by atoms with van der Waals surface area (Å²) < 4.78 is 0. The van der Waals surface area contributed by atoms with Crippen LogP contribution in [0.3, 0.4) is 0 Å². The molecule has 22 heavy (non-hydrogen) atoms. The fourth-order valence-corrected chi connectivity index (χ4v) is 3.65. The first-order valence-electron chi connectivity index (χ1n) is 7.75. The van der Waals surface area contributed by atoms with Crippen molar-refractivity contribution in [2.24, 2.45) is 10.9 Å². The molecule has 2 atom stereocenters. The van der Waals surface area contributed by atoms with Crippen LogP contribution in [0.1, 0.15) is 26.2 Å². The van der Waals surface area contributed by atoms with Crippen molar-refractivity contribution in [3.05, 3.63) is 41.4 Å². The second-order valence-corrected chi connectivity index (χ2v) is 6.60. The van der Waals surface area contributed by atoms with Crippen molar-refractivity contribution < 1.29 is 0 Å². The number of hydrogen-bond donors (Lipinski definition) is 1. The predicted octanol–water partition coefficient (Wildman–Crippen LogP) is 3.55. The van der Waals surface area contributed by atoms with Crippen molar-refractivity contribution >= 4 is 17.5 Å². The van der Waals surface area contributed by atoms with Gasteiger partial charge in [-0.15, -0.1) is 0 Å². The minimum atomic E-state index is -0.0898. The Bertz CT molecular complexity index is 617. The Morgan fingerprint density at radius 1 is 1.41 bits per heavy atom. The summed E-state index contributed by atoms with van der Waals surface area (Å²) in [5, 5.41) is 12.5. The molecule has 0 bridgehead atoms. The number of unbranched alkanes of at least 4 members (excludes halogenated alkanes) is 1. The molecule has 1 aromatic rings. The van der Waals surface area contributed by atoms with Gasteiger partial charge in [0.2, 0.25) is 0 Å². The molecule has 5 heteroatoms. The summed E-state index contributed by atoms with van der Waals surface area (Å²) in [6, 6.07) is 12.7. The normalized spacial score (nSPS) is 23.5. The first-order valence-corrected chi connectivity index (χ1v) is 8.57. The molecule has 2 heterocycles. The summed E-state index contributed by atoms with van der Waals surface area (Å²) in [5.41, 5.74) is 4.44. The summed E-state index contributed by atoms with van der Waals surface area (Å²) in [6.45, 7) is 2.85. The van der Waals surface area contributed by atoms with Crippen LogP contribution in [0.25, 0.3) is 0 Å². The van der Waals surface area contributed by atoms with E-state index in [-0.39, 0.29) is 12.1 Å². The molecule has 0 radical (unpaired) electrons. The molecule has 1 N–H and O–H groups in total. The highest BCUT2D eigenvalue weighted by molar-refractivity contribution is 8.03. The highest BCUT2D eigenvalue weighted by atomic mass is 32.2. The summed E-state index contributed by atoms with van der Waals surface area (Å²) in [4.78, 5) is 5.99. The van der Waals surface area contributed by atoms with Crippen LogP contribution in [0.2, 0.25) is 0 Å². The van der Waals surface area contributed by atoms with Gasteiger partial charge in [0, 0.05) is 17.2 Å². The Labute approximate surface area is 135 Å². The molecule has 1 aromatic carbocycles. The first-order chi connectivity index (χ1) is 10.8. The van der Waals surface area contributed by atoms with Crippen LogP contribution >= 0.6 is 11.8 Å². The maximum Gasteiger partial charge on any atom is 0.153 e. The van der Waals surface area contributed by atoms with Crippen molar-refractivity contribution in [2.75, 3.05) is 6.54 Å². The highest BCUT2D eigenvalue weighted by Gasteiger charge is 2.37. The van der Waals surface area contributed by atoms with Crippen molar-refractivity contribution in [2.45, 2.75) is 37.2 Å². The van der Waals surface area contributed by atoms with E-state index >= 15 is 0 Å². The van der Waals surface area contributed by atoms with Gasteiger partial charge in [-0.25, -0.2) is 5.43 Å². The molecular weight excluding hydrogens is 292 g/mol. The van der Waals surface area contributed by atoms with Gasteiger partial charge in [-0.1, -0.05) is 43.3 Å². The van der Waals surface area contributed by atoms with E-state index in [1.807, 2.05) is 18.2 Å². The van der Waals surface area contributed by atoms with Crippen LogP contribution in [0, 0.1) is 17.2 Å². The zero-order valence-corrected chi connectivity index (χ0v) is 13.5. The van der Waals surface area contributed by atoms with Crippen LogP contribution in [0.5, 0.6) is 0 Å². The third-order valence-electron chi connectivity index (χ3n) is 3.85. The standard InChI is InChI=1S/C17H20N4S/c1-2-3-7-14-10-16(22-15-8-5-4-6-9-15)21-17(20-14)13(11-18)12-19-21/h4-6,8-10,13,17,19H,2-3,7,12H2,1H3. The van der Waals surface area contributed by atoms with Gasteiger partial charge in [0.15, 0.2) is 6.17 Å². The topological polar surface area (TPSA) is 51.4 Å². The molecule has 1 saturated heterocycles. The smallest absolute Gasteiger partial charge is 0.153 e. The SMILES string of the molecule is CCCCC1=NC2C(C#N)CNN2C(Sc2ccccc2)=C1. The molecular formula is C17H20N4S. The number of benzene rings is 1. The van der Waals surface area contributed by atoms with Gasteiger partial charge in [-0.3, -0.25) is 10.0 Å². The van der Waals surface area contributed by atoms with Gasteiger partial charge in [-0.05, 0) is 31.1 Å². The second kappa shape index (κ2) is 6.99. The van der Waals surface area contributed by atoms with Gasteiger partial charge in [0.25, 0.3) is 0 Å². The minimum absolute atomic E-state index is 0.0864. The lowest BCUT2D eigenvalue weighted by Gasteiger charge is -2.30. The predicted molar refractivity (Wildman–Crippen MR) is 90.1 cm³/mol. The molecule has 0 saturated carbocycles. The number of hydrazine groups is 1.